The van der Waals surface area contributed by atoms with Crippen molar-refractivity contribution in [2.24, 2.45) is 0 Å². The van der Waals surface area contributed by atoms with E-state index in [0.29, 0.717) is 16.4 Å². The number of amides is 1. The molecule has 2 aromatic rings. The minimum absolute atomic E-state index is 0.0746. The third kappa shape index (κ3) is 5.13. The molecule has 148 valence electrons. The second-order valence-electron chi connectivity index (χ2n) is 6.63. The summed E-state index contributed by atoms with van der Waals surface area (Å²) in [5, 5.41) is 7.05. The van der Waals surface area contributed by atoms with Crippen LogP contribution < -0.4 is 20.1 Å². The Labute approximate surface area is 170 Å². The van der Waals surface area contributed by atoms with Crippen molar-refractivity contribution in [3.8, 4) is 11.5 Å². The van der Waals surface area contributed by atoms with Gasteiger partial charge in [-0.15, -0.1) is 0 Å². The highest BCUT2D eigenvalue weighted by atomic mass is 32.1. The highest BCUT2D eigenvalue weighted by Gasteiger charge is 2.22. The number of ether oxygens (including phenoxy) is 2. The average Bonchev–Trinajstić information content (AvgIpc) is 2.74. The Balaban J connectivity index is 1.49. The molecule has 7 heteroatoms. The monoisotopic (exact) mass is 399 g/mol. The Bertz CT molecular complexity index is 835. The van der Waals surface area contributed by atoms with Crippen LogP contribution in [0.3, 0.4) is 0 Å². The van der Waals surface area contributed by atoms with E-state index >= 15 is 0 Å². The molecule has 1 heterocycles. The van der Waals surface area contributed by atoms with Crippen LogP contribution in [0.15, 0.2) is 48.5 Å². The molecule has 1 fully saturated rings. The summed E-state index contributed by atoms with van der Waals surface area (Å²) in [6.07, 6.45) is 1.69. The van der Waals surface area contributed by atoms with Crippen LogP contribution in [-0.2, 0) is 0 Å². The fourth-order valence-electron chi connectivity index (χ4n) is 3.16. The maximum atomic E-state index is 12.5. The van der Waals surface area contributed by atoms with Gasteiger partial charge in [0, 0.05) is 36.4 Å². The van der Waals surface area contributed by atoms with Crippen molar-refractivity contribution >= 4 is 28.9 Å². The number of carbonyl (C=O) groups excluding carboxylic acids is 1. The molecule has 6 nitrogen and oxygen atoms in total. The van der Waals surface area contributed by atoms with Gasteiger partial charge in [0.05, 0.1) is 14.2 Å². The van der Waals surface area contributed by atoms with Crippen molar-refractivity contribution in [2.45, 2.75) is 18.9 Å². The molecule has 0 aliphatic carbocycles. The molecule has 0 bridgehead atoms. The summed E-state index contributed by atoms with van der Waals surface area (Å²) in [4.78, 5) is 14.6. The van der Waals surface area contributed by atoms with Gasteiger partial charge in [-0.25, -0.2) is 0 Å². The summed E-state index contributed by atoms with van der Waals surface area (Å²) in [7, 11) is 3.23. The van der Waals surface area contributed by atoms with E-state index in [1.54, 1.807) is 26.4 Å². The van der Waals surface area contributed by atoms with Crippen LogP contribution in [0.4, 0.5) is 5.69 Å². The summed E-state index contributed by atoms with van der Waals surface area (Å²) < 4.78 is 10.4. The van der Waals surface area contributed by atoms with Crippen LogP contribution in [-0.4, -0.2) is 49.3 Å². The lowest BCUT2D eigenvalue weighted by Crippen LogP contribution is -2.47. The highest BCUT2D eigenvalue weighted by Crippen LogP contribution is 2.19. The summed E-state index contributed by atoms with van der Waals surface area (Å²) in [5.74, 6) is 1.39. The van der Waals surface area contributed by atoms with E-state index in [1.165, 1.54) is 0 Å². The van der Waals surface area contributed by atoms with Gasteiger partial charge in [0.25, 0.3) is 5.91 Å². The zero-order valence-electron chi connectivity index (χ0n) is 16.1. The number of nitrogens with one attached hydrogen (secondary N) is 2. The van der Waals surface area contributed by atoms with Gasteiger partial charge in [0.1, 0.15) is 11.5 Å². The predicted octanol–water partition coefficient (Wildman–Crippen LogP) is 3.30. The average molecular weight is 400 g/mol. The molecule has 28 heavy (non-hydrogen) atoms. The minimum atomic E-state index is -0.0746. The molecule has 0 atom stereocenters. The number of piperidine rings is 1. The number of anilines is 1. The Morgan fingerprint density at radius 2 is 1.68 bits per heavy atom. The molecule has 2 N–H and O–H groups in total. The Morgan fingerprint density at radius 1 is 1.04 bits per heavy atom. The van der Waals surface area contributed by atoms with E-state index < -0.39 is 0 Å². The van der Waals surface area contributed by atoms with Gasteiger partial charge in [-0.2, -0.15) is 0 Å². The van der Waals surface area contributed by atoms with Crippen molar-refractivity contribution < 1.29 is 14.3 Å². The van der Waals surface area contributed by atoms with Crippen LogP contribution in [0.2, 0.25) is 0 Å². The second-order valence-corrected chi connectivity index (χ2v) is 7.02. The molecule has 0 radical (unpaired) electrons. The summed E-state index contributed by atoms with van der Waals surface area (Å²) in [5.41, 5.74) is 1.51. The number of hydrogen-bond donors (Lipinski definition) is 2. The lowest BCUT2D eigenvalue weighted by atomic mass is 10.0. The van der Waals surface area contributed by atoms with E-state index in [9.17, 15) is 4.79 Å². The summed E-state index contributed by atoms with van der Waals surface area (Å²) in [6, 6.07) is 15.0. The number of carbonyl (C=O) groups is 1. The summed E-state index contributed by atoms with van der Waals surface area (Å²) in [6.45, 7) is 1.58. The maximum Gasteiger partial charge on any atom is 0.251 e. The molecule has 0 spiro atoms. The second kappa shape index (κ2) is 9.41. The van der Waals surface area contributed by atoms with E-state index in [-0.39, 0.29) is 11.9 Å². The highest BCUT2D eigenvalue weighted by molar-refractivity contribution is 7.80. The molecular weight excluding hydrogens is 374 g/mol. The van der Waals surface area contributed by atoms with Gasteiger partial charge in [-0.1, -0.05) is 12.1 Å². The van der Waals surface area contributed by atoms with Gasteiger partial charge >= 0.3 is 0 Å². The molecule has 2 aromatic carbocycles. The van der Waals surface area contributed by atoms with E-state index in [1.807, 2.05) is 36.4 Å². The molecule has 0 aromatic heterocycles. The normalized spacial score (nSPS) is 14.3. The molecule has 0 saturated carbocycles. The van der Waals surface area contributed by atoms with E-state index in [4.69, 9.17) is 21.7 Å². The minimum Gasteiger partial charge on any atom is -0.497 e. The van der Waals surface area contributed by atoms with Crippen molar-refractivity contribution in [3.63, 3.8) is 0 Å². The first-order chi connectivity index (χ1) is 13.6. The van der Waals surface area contributed by atoms with Gasteiger partial charge in [0.15, 0.2) is 5.11 Å². The molecule has 1 saturated heterocycles. The number of methoxy groups -OCH3 is 2. The molecule has 1 aliphatic heterocycles. The number of likely N-dealkylation sites (tertiary alicyclic amines) is 1. The zero-order valence-corrected chi connectivity index (χ0v) is 16.9. The smallest absolute Gasteiger partial charge is 0.251 e. The molecule has 1 aliphatic rings. The predicted molar refractivity (Wildman–Crippen MR) is 114 cm³/mol. The van der Waals surface area contributed by atoms with Gasteiger partial charge in [0.2, 0.25) is 0 Å². The van der Waals surface area contributed by atoms with Crippen molar-refractivity contribution in [1.29, 1.82) is 0 Å². The van der Waals surface area contributed by atoms with Crippen molar-refractivity contribution in [1.82, 2.24) is 10.2 Å². The number of benzene rings is 2. The zero-order chi connectivity index (χ0) is 19.9. The topological polar surface area (TPSA) is 62.8 Å². The maximum absolute atomic E-state index is 12.5. The fourth-order valence-corrected chi connectivity index (χ4v) is 3.46. The third-order valence-corrected chi connectivity index (χ3v) is 5.13. The molecule has 3 rings (SSSR count). The van der Waals surface area contributed by atoms with Crippen LogP contribution in [0, 0.1) is 0 Å². The van der Waals surface area contributed by atoms with Crippen LogP contribution in [0.5, 0.6) is 11.5 Å². The lowest BCUT2D eigenvalue weighted by molar-refractivity contribution is 0.0922. The molecule has 1 amide bonds. The standard InChI is InChI=1S/C21H25N3O3S/c1-26-18-7-3-5-15(13-18)20(25)22-16-9-11-24(12-10-16)21(28)23-17-6-4-8-19(14-17)27-2/h3-8,13-14,16H,9-12H2,1-2H3,(H,22,25)(H,23,28). The van der Waals surface area contributed by atoms with Gasteiger partial charge in [-0.3, -0.25) is 4.79 Å². The number of thiocarbonyl (C=S) groups is 1. The first kappa shape index (κ1) is 19.9. The first-order valence-corrected chi connectivity index (χ1v) is 9.65. The summed E-state index contributed by atoms with van der Waals surface area (Å²) >= 11 is 5.54. The largest absolute Gasteiger partial charge is 0.497 e. The van der Waals surface area contributed by atoms with Crippen LogP contribution >= 0.6 is 12.2 Å². The molecular formula is C21H25N3O3S. The Kier molecular flexibility index (Phi) is 6.71. The third-order valence-electron chi connectivity index (χ3n) is 4.77. The van der Waals surface area contributed by atoms with Crippen molar-refractivity contribution in [3.05, 3.63) is 54.1 Å². The Morgan fingerprint density at radius 3 is 2.36 bits per heavy atom. The number of hydrogen-bond acceptors (Lipinski definition) is 4. The van der Waals surface area contributed by atoms with Gasteiger partial charge in [-0.05, 0) is 55.4 Å². The number of nitrogens with zero attached hydrogens (tertiary/aromatic N) is 1. The van der Waals surface area contributed by atoms with Crippen LogP contribution in [0.25, 0.3) is 0 Å². The van der Waals surface area contributed by atoms with Gasteiger partial charge < -0.3 is 25.0 Å². The van der Waals surface area contributed by atoms with Crippen LogP contribution in [0.1, 0.15) is 23.2 Å². The first-order valence-electron chi connectivity index (χ1n) is 9.24. The SMILES string of the molecule is COc1cccc(NC(=S)N2CCC(NC(=O)c3cccc(OC)c3)CC2)c1. The quantitative estimate of drug-likeness (QED) is 0.753. The van der Waals surface area contributed by atoms with E-state index in [0.717, 1.165) is 37.4 Å². The fraction of sp³-hybridized carbons (Fsp3) is 0.333. The molecule has 0 unspecified atom stereocenters. The lowest BCUT2D eigenvalue weighted by Gasteiger charge is -2.34. The van der Waals surface area contributed by atoms with E-state index in [2.05, 4.69) is 15.5 Å². The number of rotatable bonds is 5. The Hall–Kier alpha value is -2.80. The van der Waals surface area contributed by atoms with Crippen molar-refractivity contribution in [2.75, 3.05) is 32.6 Å².